The minimum atomic E-state index is -0.805. The average Bonchev–Trinajstić information content (AvgIpc) is 2.87. The summed E-state index contributed by atoms with van der Waals surface area (Å²) in [5.41, 5.74) is 0.802. The van der Waals surface area contributed by atoms with E-state index in [2.05, 4.69) is 10.6 Å². The highest BCUT2D eigenvalue weighted by molar-refractivity contribution is 5.75. The lowest BCUT2D eigenvalue weighted by atomic mass is 10.1. The summed E-state index contributed by atoms with van der Waals surface area (Å²) in [6.45, 7) is 0.307. The van der Waals surface area contributed by atoms with E-state index < -0.39 is 5.97 Å². The van der Waals surface area contributed by atoms with Gasteiger partial charge < -0.3 is 15.7 Å². The zero-order valence-electron chi connectivity index (χ0n) is 10.9. The normalized spacial score (nSPS) is 21.4. The maximum Gasteiger partial charge on any atom is 0.315 e. The SMILES string of the molecule is O=C(NCc1ccc(F)cc1)NC1CCC(C(=O)O)C1. The number of hydrogen-bond acceptors (Lipinski definition) is 2. The van der Waals surface area contributed by atoms with E-state index in [4.69, 9.17) is 5.11 Å². The number of amides is 2. The fourth-order valence-corrected chi connectivity index (χ4v) is 2.36. The molecule has 1 saturated carbocycles. The molecule has 0 heterocycles. The Morgan fingerprint density at radius 2 is 1.95 bits per heavy atom. The first kappa shape index (κ1) is 14.3. The summed E-state index contributed by atoms with van der Waals surface area (Å²) in [5, 5.41) is 14.3. The fraction of sp³-hybridized carbons (Fsp3) is 0.429. The lowest BCUT2D eigenvalue weighted by Gasteiger charge is -2.13. The van der Waals surface area contributed by atoms with Gasteiger partial charge in [0.05, 0.1) is 5.92 Å². The van der Waals surface area contributed by atoms with E-state index in [-0.39, 0.29) is 23.8 Å². The number of urea groups is 1. The lowest BCUT2D eigenvalue weighted by molar-refractivity contribution is -0.141. The molecular formula is C14H17FN2O3. The largest absolute Gasteiger partial charge is 0.481 e. The molecular weight excluding hydrogens is 263 g/mol. The van der Waals surface area contributed by atoms with Crippen LogP contribution in [0, 0.1) is 11.7 Å². The third kappa shape index (κ3) is 3.94. The van der Waals surface area contributed by atoms with Gasteiger partial charge in [-0.15, -0.1) is 0 Å². The molecule has 2 rings (SSSR count). The van der Waals surface area contributed by atoms with Crippen molar-refractivity contribution in [3.05, 3.63) is 35.6 Å². The van der Waals surface area contributed by atoms with E-state index in [1.54, 1.807) is 12.1 Å². The standard InChI is InChI=1S/C14H17FN2O3/c15-11-4-1-9(2-5-11)8-16-14(20)17-12-6-3-10(7-12)13(18)19/h1-2,4-5,10,12H,3,6-8H2,(H,18,19)(H2,16,17,20). The van der Waals surface area contributed by atoms with Crippen LogP contribution in [0.15, 0.2) is 24.3 Å². The number of halogens is 1. The van der Waals surface area contributed by atoms with Crippen molar-refractivity contribution in [1.82, 2.24) is 10.6 Å². The van der Waals surface area contributed by atoms with Crippen LogP contribution in [0.3, 0.4) is 0 Å². The molecule has 2 atom stereocenters. The summed E-state index contributed by atoms with van der Waals surface area (Å²) < 4.78 is 12.7. The van der Waals surface area contributed by atoms with Gasteiger partial charge in [-0.2, -0.15) is 0 Å². The van der Waals surface area contributed by atoms with E-state index >= 15 is 0 Å². The van der Waals surface area contributed by atoms with Gasteiger partial charge in [0.25, 0.3) is 0 Å². The van der Waals surface area contributed by atoms with Crippen LogP contribution in [0.2, 0.25) is 0 Å². The zero-order chi connectivity index (χ0) is 14.5. The van der Waals surface area contributed by atoms with Crippen molar-refractivity contribution in [3.63, 3.8) is 0 Å². The van der Waals surface area contributed by atoms with Crippen molar-refractivity contribution in [2.75, 3.05) is 0 Å². The van der Waals surface area contributed by atoms with Gasteiger partial charge in [-0.1, -0.05) is 12.1 Å². The van der Waals surface area contributed by atoms with Crippen LogP contribution < -0.4 is 10.6 Å². The van der Waals surface area contributed by atoms with Gasteiger partial charge in [0.1, 0.15) is 5.82 Å². The van der Waals surface area contributed by atoms with Crippen molar-refractivity contribution < 1.29 is 19.1 Å². The van der Waals surface area contributed by atoms with Crippen LogP contribution in [0.1, 0.15) is 24.8 Å². The lowest BCUT2D eigenvalue weighted by Crippen LogP contribution is -2.40. The number of carbonyl (C=O) groups is 2. The van der Waals surface area contributed by atoms with Gasteiger partial charge in [-0.05, 0) is 37.0 Å². The summed E-state index contributed by atoms with van der Waals surface area (Å²) in [5.74, 6) is -1.48. The number of carboxylic acid groups (broad SMARTS) is 1. The maximum absolute atomic E-state index is 12.7. The summed E-state index contributed by atoms with van der Waals surface area (Å²) >= 11 is 0. The van der Waals surface area contributed by atoms with Gasteiger partial charge in [0.2, 0.25) is 0 Å². The van der Waals surface area contributed by atoms with Gasteiger partial charge in [-0.25, -0.2) is 9.18 Å². The van der Waals surface area contributed by atoms with Gasteiger partial charge in [0.15, 0.2) is 0 Å². The minimum Gasteiger partial charge on any atom is -0.481 e. The molecule has 6 heteroatoms. The molecule has 2 amide bonds. The summed E-state index contributed by atoms with van der Waals surface area (Å²) in [6, 6.07) is 5.46. The van der Waals surface area contributed by atoms with Gasteiger partial charge in [0, 0.05) is 12.6 Å². The second-order valence-corrected chi connectivity index (χ2v) is 5.00. The first-order valence-corrected chi connectivity index (χ1v) is 6.56. The maximum atomic E-state index is 12.7. The smallest absolute Gasteiger partial charge is 0.315 e. The molecule has 3 N–H and O–H groups in total. The Kier molecular flexibility index (Phi) is 4.55. The molecule has 2 unspecified atom stereocenters. The molecule has 1 aromatic rings. The van der Waals surface area contributed by atoms with Crippen LogP contribution in [-0.2, 0) is 11.3 Å². The fourth-order valence-electron chi connectivity index (χ4n) is 2.36. The Labute approximate surface area is 116 Å². The number of hydrogen-bond donors (Lipinski definition) is 3. The Hall–Kier alpha value is -2.11. The molecule has 20 heavy (non-hydrogen) atoms. The molecule has 0 radical (unpaired) electrons. The molecule has 1 fully saturated rings. The molecule has 1 aromatic carbocycles. The number of aliphatic carboxylic acids is 1. The quantitative estimate of drug-likeness (QED) is 0.788. The van der Waals surface area contributed by atoms with Crippen molar-refractivity contribution in [2.45, 2.75) is 31.8 Å². The molecule has 0 bridgehead atoms. The Balaban J connectivity index is 1.73. The molecule has 108 valence electrons. The highest BCUT2D eigenvalue weighted by Crippen LogP contribution is 2.25. The zero-order valence-corrected chi connectivity index (χ0v) is 10.9. The molecule has 1 aliphatic carbocycles. The average molecular weight is 280 g/mol. The highest BCUT2D eigenvalue weighted by atomic mass is 19.1. The topological polar surface area (TPSA) is 78.4 Å². The third-order valence-corrected chi connectivity index (χ3v) is 3.48. The summed E-state index contributed by atoms with van der Waals surface area (Å²) in [7, 11) is 0. The second kappa shape index (κ2) is 6.36. The number of nitrogens with one attached hydrogen (secondary N) is 2. The van der Waals surface area contributed by atoms with Crippen LogP contribution in [-0.4, -0.2) is 23.1 Å². The monoisotopic (exact) mass is 280 g/mol. The molecule has 5 nitrogen and oxygen atoms in total. The Morgan fingerprint density at radius 3 is 2.55 bits per heavy atom. The third-order valence-electron chi connectivity index (χ3n) is 3.48. The Bertz CT molecular complexity index is 490. The van der Waals surface area contributed by atoms with Crippen LogP contribution in [0.4, 0.5) is 9.18 Å². The van der Waals surface area contributed by atoms with E-state index in [1.165, 1.54) is 12.1 Å². The number of rotatable bonds is 4. The van der Waals surface area contributed by atoms with E-state index in [0.29, 0.717) is 25.8 Å². The summed E-state index contributed by atoms with van der Waals surface area (Å²) in [4.78, 5) is 22.5. The van der Waals surface area contributed by atoms with Gasteiger partial charge in [-0.3, -0.25) is 4.79 Å². The second-order valence-electron chi connectivity index (χ2n) is 5.00. The van der Waals surface area contributed by atoms with Crippen molar-refractivity contribution >= 4 is 12.0 Å². The molecule has 0 saturated heterocycles. The van der Waals surface area contributed by atoms with E-state index in [1.807, 2.05) is 0 Å². The number of carbonyl (C=O) groups excluding carboxylic acids is 1. The van der Waals surface area contributed by atoms with Crippen molar-refractivity contribution in [3.8, 4) is 0 Å². The molecule has 0 spiro atoms. The van der Waals surface area contributed by atoms with Crippen LogP contribution in [0.25, 0.3) is 0 Å². The van der Waals surface area contributed by atoms with E-state index in [9.17, 15) is 14.0 Å². The first-order chi connectivity index (χ1) is 9.54. The predicted octanol–water partition coefficient (Wildman–Crippen LogP) is 1.88. The Morgan fingerprint density at radius 1 is 1.25 bits per heavy atom. The van der Waals surface area contributed by atoms with Crippen molar-refractivity contribution in [1.29, 1.82) is 0 Å². The molecule has 0 aromatic heterocycles. The minimum absolute atomic E-state index is 0.0932. The number of carboxylic acids is 1. The number of benzene rings is 1. The van der Waals surface area contributed by atoms with Crippen LogP contribution >= 0.6 is 0 Å². The van der Waals surface area contributed by atoms with Crippen LogP contribution in [0.5, 0.6) is 0 Å². The molecule has 1 aliphatic rings. The first-order valence-electron chi connectivity index (χ1n) is 6.56. The predicted molar refractivity (Wildman–Crippen MR) is 70.5 cm³/mol. The highest BCUT2D eigenvalue weighted by Gasteiger charge is 2.30. The summed E-state index contributed by atoms with van der Waals surface area (Å²) in [6.07, 6.45) is 1.75. The molecule has 0 aliphatic heterocycles. The van der Waals surface area contributed by atoms with Gasteiger partial charge >= 0.3 is 12.0 Å². The van der Waals surface area contributed by atoms with Crippen molar-refractivity contribution in [2.24, 2.45) is 5.92 Å². The van der Waals surface area contributed by atoms with E-state index in [0.717, 1.165) is 5.56 Å².